The molecule has 0 aliphatic heterocycles. The second kappa shape index (κ2) is 7.35. The molecule has 0 aromatic rings. The van der Waals surface area contributed by atoms with E-state index in [2.05, 4.69) is 6.92 Å². The van der Waals surface area contributed by atoms with Crippen molar-refractivity contribution >= 4 is 11.8 Å². The summed E-state index contributed by atoms with van der Waals surface area (Å²) >= 11 is 0. The molecular formula is C10H20N2O2. The molecular weight excluding hydrogens is 180 g/mol. The third-order valence-electron chi connectivity index (χ3n) is 2.09. The Labute approximate surface area is 85.4 Å². The van der Waals surface area contributed by atoms with Gasteiger partial charge >= 0.3 is 0 Å². The average Bonchev–Trinajstić information content (AvgIpc) is 2.13. The van der Waals surface area contributed by atoms with Crippen molar-refractivity contribution in [2.45, 2.75) is 39.0 Å². The van der Waals surface area contributed by atoms with Crippen molar-refractivity contribution in [1.29, 1.82) is 0 Å². The van der Waals surface area contributed by atoms with E-state index in [1.165, 1.54) is 0 Å². The molecule has 0 aliphatic carbocycles. The van der Waals surface area contributed by atoms with Gasteiger partial charge in [0, 0.05) is 26.4 Å². The van der Waals surface area contributed by atoms with Gasteiger partial charge in [-0.3, -0.25) is 9.59 Å². The van der Waals surface area contributed by atoms with Crippen LogP contribution in [-0.2, 0) is 9.59 Å². The smallest absolute Gasteiger partial charge is 0.222 e. The highest BCUT2D eigenvalue weighted by molar-refractivity contribution is 5.76. The first kappa shape index (κ1) is 12.9. The molecule has 2 amide bonds. The van der Waals surface area contributed by atoms with Crippen LogP contribution in [0, 0.1) is 0 Å². The normalized spacial score (nSPS) is 9.86. The fraction of sp³-hybridized carbons (Fsp3) is 0.800. The first-order valence-electron chi connectivity index (χ1n) is 5.10. The number of hydrogen-bond donors (Lipinski definition) is 1. The molecule has 0 fully saturated rings. The quantitative estimate of drug-likeness (QED) is 0.663. The van der Waals surface area contributed by atoms with Crippen LogP contribution in [0.3, 0.4) is 0 Å². The first-order chi connectivity index (χ1) is 6.57. The number of rotatable bonds is 7. The lowest BCUT2D eigenvalue weighted by molar-refractivity contribution is -0.130. The number of unbranched alkanes of at least 4 members (excludes halogenated alkanes) is 1. The van der Waals surface area contributed by atoms with Gasteiger partial charge < -0.3 is 10.6 Å². The maximum Gasteiger partial charge on any atom is 0.222 e. The van der Waals surface area contributed by atoms with E-state index in [1.807, 2.05) is 0 Å². The predicted octanol–water partition coefficient (Wildman–Crippen LogP) is 0.901. The fourth-order valence-electron chi connectivity index (χ4n) is 1.13. The van der Waals surface area contributed by atoms with Crippen LogP contribution in [-0.4, -0.2) is 30.3 Å². The molecule has 0 spiro atoms. The van der Waals surface area contributed by atoms with E-state index in [0.717, 1.165) is 12.8 Å². The fourth-order valence-corrected chi connectivity index (χ4v) is 1.13. The molecule has 0 heterocycles. The second-order valence-corrected chi connectivity index (χ2v) is 3.49. The molecule has 0 aromatic carbocycles. The van der Waals surface area contributed by atoms with Crippen LogP contribution in [0.5, 0.6) is 0 Å². The maximum absolute atomic E-state index is 11.4. The third-order valence-corrected chi connectivity index (χ3v) is 2.09. The highest BCUT2D eigenvalue weighted by Gasteiger charge is 2.07. The molecule has 0 rings (SSSR count). The molecule has 4 nitrogen and oxygen atoms in total. The van der Waals surface area contributed by atoms with Crippen molar-refractivity contribution in [3.8, 4) is 0 Å². The molecule has 2 N–H and O–H groups in total. The first-order valence-corrected chi connectivity index (χ1v) is 5.10. The standard InChI is InChI=1S/C10H20N2O2/c1-3-4-7-10(14)12(2)8-5-6-9(11)13/h3-8H2,1-2H3,(H2,11,13). The van der Waals surface area contributed by atoms with Crippen molar-refractivity contribution < 1.29 is 9.59 Å². The van der Waals surface area contributed by atoms with Crippen molar-refractivity contribution in [1.82, 2.24) is 4.90 Å². The SMILES string of the molecule is CCCCC(=O)N(C)CCCC(N)=O. The summed E-state index contributed by atoms with van der Waals surface area (Å²) in [5.41, 5.74) is 4.99. The van der Waals surface area contributed by atoms with Crippen molar-refractivity contribution in [3.63, 3.8) is 0 Å². The summed E-state index contributed by atoms with van der Waals surface area (Å²) < 4.78 is 0. The summed E-state index contributed by atoms with van der Waals surface area (Å²) in [5, 5.41) is 0. The molecule has 0 atom stereocenters. The van der Waals surface area contributed by atoms with Crippen LogP contribution in [0.15, 0.2) is 0 Å². The largest absolute Gasteiger partial charge is 0.370 e. The van der Waals surface area contributed by atoms with Crippen LogP contribution in [0.2, 0.25) is 0 Å². The highest BCUT2D eigenvalue weighted by atomic mass is 16.2. The Morgan fingerprint density at radius 3 is 2.36 bits per heavy atom. The number of carbonyl (C=O) groups is 2. The zero-order valence-corrected chi connectivity index (χ0v) is 9.08. The second-order valence-electron chi connectivity index (χ2n) is 3.49. The summed E-state index contributed by atoms with van der Waals surface area (Å²) in [6.07, 6.45) is 3.57. The molecule has 14 heavy (non-hydrogen) atoms. The number of nitrogens with two attached hydrogens (primary N) is 1. The Kier molecular flexibility index (Phi) is 6.80. The maximum atomic E-state index is 11.4. The van der Waals surface area contributed by atoms with Crippen LogP contribution >= 0.6 is 0 Å². The lowest BCUT2D eigenvalue weighted by Gasteiger charge is -2.16. The summed E-state index contributed by atoms with van der Waals surface area (Å²) in [4.78, 5) is 23.5. The molecule has 0 saturated carbocycles. The highest BCUT2D eigenvalue weighted by Crippen LogP contribution is 2.00. The van der Waals surface area contributed by atoms with Crippen molar-refractivity contribution in [2.75, 3.05) is 13.6 Å². The molecule has 82 valence electrons. The molecule has 0 aliphatic rings. The molecule has 0 radical (unpaired) electrons. The van der Waals surface area contributed by atoms with Gasteiger partial charge in [0.25, 0.3) is 0 Å². The van der Waals surface area contributed by atoms with E-state index in [4.69, 9.17) is 5.73 Å². The number of amides is 2. The van der Waals surface area contributed by atoms with E-state index >= 15 is 0 Å². The van der Waals surface area contributed by atoms with E-state index in [1.54, 1.807) is 11.9 Å². The van der Waals surface area contributed by atoms with Gasteiger partial charge in [-0.05, 0) is 12.8 Å². The van der Waals surface area contributed by atoms with Crippen molar-refractivity contribution in [2.24, 2.45) is 5.73 Å². The number of nitrogens with zero attached hydrogens (tertiary/aromatic N) is 1. The summed E-state index contributed by atoms with van der Waals surface area (Å²) in [6.45, 7) is 2.67. The van der Waals surface area contributed by atoms with Crippen molar-refractivity contribution in [3.05, 3.63) is 0 Å². The number of hydrogen-bond acceptors (Lipinski definition) is 2. The van der Waals surface area contributed by atoms with Gasteiger partial charge in [-0.15, -0.1) is 0 Å². The topological polar surface area (TPSA) is 63.4 Å². The molecule has 4 heteroatoms. The zero-order chi connectivity index (χ0) is 11.0. The van der Waals surface area contributed by atoms with Crippen LogP contribution in [0.1, 0.15) is 39.0 Å². The minimum absolute atomic E-state index is 0.149. The summed E-state index contributed by atoms with van der Waals surface area (Å²) in [6, 6.07) is 0. The van der Waals surface area contributed by atoms with E-state index in [-0.39, 0.29) is 11.8 Å². The molecule has 0 bridgehead atoms. The van der Waals surface area contributed by atoms with E-state index in [9.17, 15) is 9.59 Å². The Morgan fingerprint density at radius 2 is 1.86 bits per heavy atom. The van der Waals surface area contributed by atoms with Gasteiger partial charge in [0.2, 0.25) is 11.8 Å². The van der Waals surface area contributed by atoms with Gasteiger partial charge in [0.1, 0.15) is 0 Å². The minimum atomic E-state index is -0.306. The minimum Gasteiger partial charge on any atom is -0.370 e. The third kappa shape index (κ3) is 6.46. The van der Waals surface area contributed by atoms with Crippen LogP contribution in [0.4, 0.5) is 0 Å². The van der Waals surface area contributed by atoms with Gasteiger partial charge in [-0.2, -0.15) is 0 Å². The van der Waals surface area contributed by atoms with Gasteiger partial charge in [0.15, 0.2) is 0 Å². The van der Waals surface area contributed by atoms with Crippen LogP contribution in [0.25, 0.3) is 0 Å². The van der Waals surface area contributed by atoms with E-state index in [0.29, 0.717) is 25.8 Å². The Hall–Kier alpha value is -1.06. The van der Waals surface area contributed by atoms with Gasteiger partial charge in [-0.1, -0.05) is 13.3 Å². The molecule has 0 aromatic heterocycles. The average molecular weight is 200 g/mol. The summed E-state index contributed by atoms with van der Waals surface area (Å²) in [5.74, 6) is -0.157. The zero-order valence-electron chi connectivity index (χ0n) is 9.08. The lowest BCUT2D eigenvalue weighted by atomic mass is 10.2. The molecule has 0 unspecified atom stereocenters. The Morgan fingerprint density at radius 1 is 1.21 bits per heavy atom. The summed E-state index contributed by atoms with van der Waals surface area (Å²) in [7, 11) is 1.76. The lowest BCUT2D eigenvalue weighted by Crippen LogP contribution is -2.28. The number of primary amides is 1. The van der Waals surface area contributed by atoms with Gasteiger partial charge in [-0.25, -0.2) is 0 Å². The van der Waals surface area contributed by atoms with Crippen LogP contribution < -0.4 is 5.73 Å². The van der Waals surface area contributed by atoms with E-state index < -0.39 is 0 Å². The monoisotopic (exact) mass is 200 g/mol. The number of carbonyl (C=O) groups excluding carboxylic acids is 2. The predicted molar refractivity (Wildman–Crippen MR) is 55.6 cm³/mol. The Balaban J connectivity index is 3.56. The van der Waals surface area contributed by atoms with Gasteiger partial charge in [0.05, 0.1) is 0 Å². The molecule has 0 saturated heterocycles. The Bertz CT molecular complexity index is 193.